The van der Waals surface area contributed by atoms with E-state index in [-0.39, 0.29) is 28.1 Å². The Labute approximate surface area is 174 Å². The summed E-state index contributed by atoms with van der Waals surface area (Å²) in [4.78, 5) is 30.4. The second-order valence-corrected chi connectivity index (χ2v) is 8.53. The summed E-state index contributed by atoms with van der Waals surface area (Å²) in [6, 6.07) is 18.1. The first-order valence-electron chi connectivity index (χ1n) is 10.4. The van der Waals surface area contributed by atoms with E-state index >= 15 is 0 Å². The van der Waals surface area contributed by atoms with Crippen molar-refractivity contribution in [2.45, 2.75) is 25.0 Å². The molecule has 0 spiro atoms. The van der Waals surface area contributed by atoms with Gasteiger partial charge in [0.1, 0.15) is 6.67 Å². The predicted molar refractivity (Wildman–Crippen MR) is 109 cm³/mol. The van der Waals surface area contributed by atoms with Crippen LogP contribution in [0.5, 0.6) is 0 Å². The zero-order valence-corrected chi connectivity index (χ0v) is 16.5. The van der Waals surface area contributed by atoms with Gasteiger partial charge in [0.2, 0.25) is 17.2 Å². The Morgan fingerprint density at radius 1 is 0.867 bits per heavy atom. The first-order chi connectivity index (χ1) is 14.6. The molecule has 0 aromatic heterocycles. The Morgan fingerprint density at radius 3 is 2.20 bits per heavy atom. The summed E-state index contributed by atoms with van der Waals surface area (Å²) in [5, 5.41) is 13.9. The third kappa shape index (κ3) is 2.53. The van der Waals surface area contributed by atoms with Crippen LogP contribution in [0.2, 0.25) is 0 Å². The van der Waals surface area contributed by atoms with Crippen molar-refractivity contribution in [3.8, 4) is 0 Å². The van der Waals surface area contributed by atoms with E-state index in [0.29, 0.717) is 29.9 Å². The fourth-order valence-corrected chi connectivity index (χ4v) is 5.34. The Bertz CT molecular complexity index is 1080. The number of carbonyl (C=O) groups is 2. The quantitative estimate of drug-likeness (QED) is 0.764. The van der Waals surface area contributed by atoms with Gasteiger partial charge in [-0.1, -0.05) is 54.6 Å². The van der Waals surface area contributed by atoms with Crippen LogP contribution in [-0.2, 0) is 6.54 Å². The molecule has 6 rings (SSSR count). The minimum absolute atomic E-state index is 0.0637. The maximum absolute atomic E-state index is 12.9. The fraction of sp³-hybridized carbons (Fsp3) is 0.304. The van der Waals surface area contributed by atoms with E-state index in [1.54, 1.807) is 24.3 Å². The third-order valence-corrected chi connectivity index (χ3v) is 6.84. The molecule has 0 amide bonds. The highest BCUT2D eigenvalue weighted by Gasteiger charge is 2.52. The summed E-state index contributed by atoms with van der Waals surface area (Å²) in [6.45, 7) is 3.17. The molecule has 2 aromatic carbocycles. The van der Waals surface area contributed by atoms with Gasteiger partial charge >= 0.3 is 0 Å². The van der Waals surface area contributed by atoms with Gasteiger partial charge in [0.05, 0.1) is 0 Å². The molecule has 3 aliphatic heterocycles. The molecular formula is C23H22N4O3. The number of likely N-dealkylation sites (tertiary alicyclic amines) is 2. The molecule has 3 atom stereocenters. The molecule has 7 heteroatoms. The molecule has 3 heterocycles. The molecule has 0 radical (unpaired) electrons. The number of ketones is 2. The highest BCUT2D eigenvalue weighted by Crippen LogP contribution is 2.34. The van der Waals surface area contributed by atoms with Crippen LogP contribution in [-0.4, -0.2) is 58.2 Å². The summed E-state index contributed by atoms with van der Waals surface area (Å²) in [5.41, 5.74) is 2.40. The molecule has 4 aliphatic rings. The van der Waals surface area contributed by atoms with Crippen LogP contribution in [0.15, 0.2) is 66.0 Å². The van der Waals surface area contributed by atoms with Gasteiger partial charge in [-0.2, -0.15) is 5.01 Å². The second kappa shape index (κ2) is 6.58. The number of Topliss-reactive ketones (excluding diaryl/α,β-unsaturated/α-hetero) is 2. The Kier molecular flexibility index (Phi) is 3.94. The maximum atomic E-state index is 12.9. The summed E-state index contributed by atoms with van der Waals surface area (Å²) >= 11 is 0. The molecule has 152 valence electrons. The van der Waals surface area contributed by atoms with Gasteiger partial charge in [-0.3, -0.25) is 19.4 Å². The fourth-order valence-electron chi connectivity index (χ4n) is 5.34. The van der Waals surface area contributed by atoms with Crippen LogP contribution in [0.1, 0.15) is 32.7 Å². The minimum Gasteiger partial charge on any atom is -0.602 e. The van der Waals surface area contributed by atoms with E-state index in [9.17, 15) is 14.8 Å². The van der Waals surface area contributed by atoms with Crippen LogP contribution in [0, 0.1) is 5.21 Å². The average molecular weight is 402 g/mol. The van der Waals surface area contributed by atoms with Crippen molar-refractivity contribution in [2.75, 3.05) is 19.8 Å². The normalized spacial score (nSPS) is 28.0. The minimum atomic E-state index is -0.321. The number of piperazine rings is 1. The lowest BCUT2D eigenvalue weighted by Gasteiger charge is -2.48. The Morgan fingerprint density at radius 2 is 1.50 bits per heavy atom. The first kappa shape index (κ1) is 18.0. The van der Waals surface area contributed by atoms with Gasteiger partial charge in [-0.05, 0) is 12.0 Å². The standard InChI is InChI=1S/C23H22N4O3/c28-22-18-8-4-5-9-19(18)23(29)21-20(22)26(27(21)30)14-25-13-16-10-17(25)12-24(16)11-15-6-2-1-3-7-15/h1-9,16-17,27H,10-14H2. The first-order valence-corrected chi connectivity index (χ1v) is 10.4. The lowest BCUT2D eigenvalue weighted by Crippen LogP contribution is -3.19. The van der Waals surface area contributed by atoms with Crippen molar-refractivity contribution in [2.24, 2.45) is 0 Å². The monoisotopic (exact) mass is 402 g/mol. The molecule has 1 aliphatic carbocycles. The van der Waals surface area contributed by atoms with Gasteiger partial charge in [-0.25, -0.2) is 5.17 Å². The van der Waals surface area contributed by atoms with Gasteiger partial charge in [0, 0.05) is 42.8 Å². The van der Waals surface area contributed by atoms with E-state index in [4.69, 9.17) is 0 Å². The number of carbonyl (C=O) groups excluding carboxylic acids is 2. The summed E-state index contributed by atoms with van der Waals surface area (Å²) in [7, 11) is 0. The molecule has 0 saturated carbocycles. The number of allylic oxidation sites excluding steroid dienone is 2. The zero-order chi connectivity index (χ0) is 20.4. The highest BCUT2D eigenvalue weighted by atomic mass is 16.6. The van der Waals surface area contributed by atoms with Crippen LogP contribution >= 0.6 is 0 Å². The van der Waals surface area contributed by atoms with E-state index in [1.807, 2.05) is 6.07 Å². The molecule has 30 heavy (non-hydrogen) atoms. The number of quaternary nitrogens is 1. The van der Waals surface area contributed by atoms with Crippen molar-refractivity contribution in [1.29, 1.82) is 0 Å². The lowest BCUT2D eigenvalue weighted by molar-refractivity contribution is -0.953. The van der Waals surface area contributed by atoms with Gasteiger partial charge in [0.25, 0.3) is 5.78 Å². The number of hydrogen-bond donors (Lipinski definition) is 1. The summed E-state index contributed by atoms with van der Waals surface area (Å²) in [6.07, 6.45) is 1.08. The third-order valence-electron chi connectivity index (χ3n) is 6.84. The smallest absolute Gasteiger partial charge is 0.252 e. The number of benzene rings is 2. The molecule has 2 aromatic rings. The van der Waals surface area contributed by atoms with E-state index < -0.39 is 0 Å². The predicted octanol–water partition coefficient (Wildman–Crippen LogP) is 0.807. The van der Waals surface area contributed by atoms with Crippen molar-refractivity contribution in [3.63, 3.8) is 0 Å². The molecule has 1 N–H and O–H groups in total. The Balaban J connectivity index is 1.16. The molecule has 3 unspecified atom stereocenters. The second-order valence-electron chi connectivity index (χ2n) is 8.53. The largest absolute Gasteiger partial charge is 0.602 e. The maximum Gasteiger partial charge on any atom is 0.252 e. The zero-order valence-electron chi connectivity index (χ0n) is 16.5. The topological polar surface area (TPSA) is 71.4 Å². The molecule has 2 bridgehead atoms. The van der Waals surface area contributed by atoms with Crippen LogP contribution in [0.4, 0.5) is 0 Å². The lowest BCUT2D eigenvalue weighted by atomic mass is 9.88. The van der Waals surface area contributed by atoms with Gasteiger partial charge in [0.15, 0.2) is 0 Å². The number of nitrogens with zero attached hydrogens (tertiary/aromatic N) is 3. The molecule has 2 fully saturated rings. The van der Waals surface area contributed by atoms with Crippen molar-refractivity contribution >= 4 is 11.6 Å². The number of fused-ring (bicyclic) bond motifs is 3. The van der Waals surface area contributed by atoms with Crippen LogP contribution in [0.3, 0.4) is 0 Å². The van der Waals surface area contributed by atoms with Crippen LogP contribution in [0.25, 0.3) is 0 Å². The van der Waals surface area contributed by atoms with Gasteiger partial charge in [-0.15, -0.1) is 0 Å². The summed E-state index contributed by atoms with van der Waals surface area (Å²) < 4.78 is 0. The number of hydroxylamine groups is 1. The van der Waals surface area contributed by atoms with Crippen molar-refractivity contribution < 1.29 is 14.8 Å². The number of nitrogens with one attached hydrogen (secondary N) is 1. The van der Waals surface area contributed by atoms with Crippen molar-refractivity contribution in [3.05, 3.63) is 87.9 Å². The molecule has 2 saturated heterocycles. The highest BCUT2D eigenvalue weighted by molar-refractivity contribution is 6.26. The van der Waals surface area contributed by atoms with E-state index in [2.05, 4.69) is 34.1 Å². The van der Waals surface area contributed by atoms with Crippen molar-refractivity contribution in [1.82, 2.24) is 14.8 Å². The Hall–Kier alpha value is -2.84. The number of rotatable bonds is 4. The number of hydrogen-bond acceptors (Lipinski definition) is 6. The molecular weight excluding hydrogens is 380 g/mol. The van der Waals surface area contributed by atoms with Crippen LogP contribution < -0.4 is 5.17 Å². The SMILES string of the molecule is O=C1C2=C(C(=O)c3ccccc31)[NH+]([O-])N2CN1CC2CC1CN2Cc1ccccc1. The van der Waals surface area contributed by atoms with E-state index in [0.717, 1.165) is 26.1 Å². The average Bonchev–Trinajstić information content (AvgIpc) is 3.35. The molecule has 7 nitrogen and oxygen atoms in total. The van der Waals surface area contributed by atoms with E-state index in [1.165, 1.54) is 10.6 Å². The van der Waals surface area contributed by atoms with Gasteiger partial charge < -0.3 is 5.21 Å². The summed E-state index contributed by atoms with van der Waals surface area (Å²) in [5.74, 6) is -0.534.